The maximum atomic E-state index is 13.7. The SMILES string of the molecule is CCOCCCN=C(NCCc1ccco1)NCCc1ccccc1F. The minimum atomic E-state index is -0.171. The Kier molecular flexibility index (Phi) is 9.29. The first-order chi connectivity index (χ1) is 12.8. The van der Waals surface area contributed by atoms with Gasteiger partial charge in [0.1, 0.15) is 11.6 Å². The Morgan fingerprint density at radius 3 is 2.65 bits per heavy atom. The molecule has 0 aliphatic rings. The first kappa shape index (κ1) is 20.0. The van der Waals surface area contributed by atoms with Crippen LogP contribution in [-0.2, 0) is 17.6 Å². The fourth-order valence-electron chi connectivity index (χ4n) is 2.45. The van der Waals surface area contributed by atoms with E-state index >= 15 is 0 Å². The molecule has 2 aromatic rings. The van der Waals surface area contributed by atoms with Gasteiger partial charge in [0, 0.05) is 39.3 Å². The summed E-state index contributed by atoms with van der Waals surface area (Å²) < 4.78 is 24.4. The Hall–Kier alpha value is -2.34. The smallest absolute Gasteiger partial charge is 0.191 e. The summed E-state index contributed by atoms with van der Waals surface area (Å²) in [5.41, 5.74) is 0.700. The van der Waals surface area contributed by atoms with Crippen molar-refractivity contribution >= 4 is 5.96 Å². The number of benzene rings is 1. The molecule has 1 heterocycles. The molecule has 1 aromatic heterocycles. The summed E-state index contributed by atoms with van der Waals surface area (Å²) >= 11 is 0. The number of guanidine groups is 1. The van der Waals surface area contributed by atoms with Crippen molar-refractivity contribution in [1.82, 2.24) is 10.6 Å². The Morgan fingerprint density at radius 2 is 1.92 bits per heavy atom. The third-order valence-electron chi connectivity index (χ3n) is 3.81. The number of ether oxygens (including phenoxy) is 1. The molecule has 2 rings (SSSR count). The number of hydrogen-bond donors (Lipinski definition) is 2. The Labute approximate surface area is 154 Å². The lowest BCUT2D eigenvalue weighted by Crippen LogP contribution is -2.39. The van der Waals surface area contributed by atoms with Crippen LogP contribution in [0.2, 0.25) is 0 Å². The number of halogens is 1. The molecule has 0 fully saturated rings. The van der Waals surface area contributed by atoms with E-state index in [0.717, 1.165) is 31.2 Å². The molecule has 0 spiro atoms. The van der Waals surface area contributed by atoms with Gasteiger partial charge in [-0.05, 0) is 43.5 Å². The molecular formula is C20H28FN3O2. The van der Waals surface area contributed by atoms with Gasteiger partial charge in [-0.25, -0.2) is 4.39 Å². The molecule has 2 N–H and O–H groups in total. The number of hydrogen-bond acceptors (Lipinski definition) is 3. The van der Waals surface area contributed by atoms with Gasteiger partial charge in [-0.3, -0.25) is 4.99 Å². The molecular weight excluding hydrogens is 333 g/mol. The topological polar surface area (TPSA) is 58.8 Å². The number of furan rings is 1. The number of nitrogens with one attached hydrogen (secondary N) is 2. The van der Waals surface area contributed by atoms with Crippen LogP contribution >= 0.6 is 0 Å². The van der Waals surface area contributed by atoms with Gasteiger partial charge in [0.15, 0.2) is 5.96 Å². The lowest BCUT2D eigenvalue weighted by atomic mass is 10.1. The van der Waals surface area contributed by atoms with Crippen LogP contribution in [0, 0.1) is 5.82 Å². The van der Waals surface area contributed by atoms with Crippen LogP contribution in [0.5, 0.6) is 0 Å². The zero-order valence-electron chi connectivity index (χ0n) is 15.3. The first-order valence-corrected chi connectivity index (χ1v) is 9.15. The van der Waals surface area contributed by atoms with Crippen LogP contribution in [-0.4, -0.2) is 38.8 Å². The summed E-state index contributed by atoms with van der Waals surface area (Å²) in [7, 11) is 0. The number of rotatable bonds is 11. The highest BCUT2D eigenvalue weighted by molar-refractivity contribution is 5.79. The van der Waals surface area contributed by atoms with Crippen molar-refractivity contribution < 1.29 is 13.5 Å². The third-order valence-corrected chi connectivity index (χ3v) is 3.81. The maximum Gasteiger partial charge on any atom is 0.191 e. The highest BCUT2D eigenvalue weighted by atomic mass is 19.1. The first-order valence-electron chi connectivity index (χ1n) is 9.15. The molecule has 0 saturated carbocycles. The van der Waals surface area contributed by atoms with Crippen molar-refractivity contribution in [2.75, 3.05) is 32.8 Å². The van der Waals surface area contributed by atoms with Crippen LogP contribution in [0.15, 0.2) is 52.1 Å². The molecule has 0 unspecified atom stereocenters. The predicted octanol–water partition coefficient (Wildman–Crippen LogP) is 3.17. The molecule has 0 radical (unpaired) electrons. The minimum absolute atomic E-state index is 0.171. The predicted molar refractivity (Wildman–Crippen MR) is 102 cm³/mol. The largest absolute Gasteiger partial charge is 0.469 e. The Morgan fingerprint density at radius 1 is 1.12 bits per heavy atom. The normalized spacial score (nSPS) is 11.5. The lowest BCUT2D eigenvalue weighted by molar-refractivity contribution is 0.146. The van der Waals surface area contributed by atoms with E-state index in [0.29, 0.717) is 38.2 Å². The highest BCUT2D eigenvalue weighted by Crippen LogP contribution is 2.06. The van der Waals surface area contributed by atoms with Crippen molar-refractivity contribution in [2.45, 2.75) is 26.2 Å². The van der Waals surface area contributed by atoms with Crippen LogP contribution in [0.1, 0.15) is 24.7 Å². The van der Waals surface area contributed by atoms with Crippen LogP contribution in [0.3, 0.4) is 0 Å². The second-order valence-corrected chi connectivity index (χ2v) is 5.81. The molecule has 1 aromatic carbocycles. The van der Waals surface area contributed by atoms with Crippen molar-refractivity contribution in [2.24, 2.45) is 4.99 Å². The number of aliphatic imine (C=N–C) groups is 1. The van der Waals surface area contributed by atoms with E-state index in [1.807, 2.05) is 25.1 Å². The summed E-state index contributed by atoms with van der Waals surface area (Å²) in [4.78, 5) is 4.56. The fraction of sp³-hybridized carbons (Fsp3) is 0.450. The van der Waals surface area contributed by atoms with Gasteiger partial charge >= 0.3 is 0 Å². The van der Waals surface area contributed by atoms with Gasteiger partial charge in [-0.2, -0.15) is 0 Å². The van der Waals surface area contributed by atoms with Gasteiger partial charge in [0.25, 0.3) is 0 Å². The highest BCUT2D eigenvalue weighted by Gasteiger charge is 2.03. The molecule has 142 valence electrons. The van der Waals surface area contributed by atoms with Crippen LogP contribution in [0.25, 0.3) is 0 Å². The minimum Gasteiger partial charge on any atom is -0.469 e. The monoisotopic (exact) mass is 361 g/mol. The molecule has 0 bridgehead atoms. The Bertz CT molecular complexity index is 644. The molecule has 0 aliphatic carbocycles. The van der Waals surface area contributed by atoms with Crippen molar-refractivity contribution in [1.29, 1.82) is 0 Å². The van der Waals surface area contributed by atoms with Crippen LogP contribution in [0.4, 0.5) is 4.39 Å². The maximum absolute atomic E-state index is 13.7. The summed E-state index contributed by atoms with van der Waals surface area (Å²) in [5.74, 6) is 1.49. The Balaban J connectivity index is 1.78. The van der Waals surface area contributed by atoms with E-state index in [4.69, 9.17) is 9.15 Å². The zero-order valence-corrected chi connectivity index (χ0v) is 15.3. The summed E-state index contributed by atoms with van der Waals surface area (Å²) in [6.07, 6.45) is 3.92. The van der Waals surface area contributed by atoms with E-state index in [1.54, 1.807) is 18.4 Å². The van der Waals surface area contributed by atoms with Gasteiger partial charge in [0.05, 0.1) is 6.26 Å². The van der Waals surface area contributed by atoms with Crippen molar-refractivity contribution in [3.05, 3.63) is 59.8 Å². The zero-order chi connectivity index (χ0) is 18.5. The second-order valence-electron chi connectivity index (χ2n) is 5.81. The number of nitrogens with zero attached hydrogens (tertiary/aromatic N) is 1. The standard InChI is InChI=1S/C20H28FN3O2/c1-2-25-15-6-12-22-20(24-14-11-18-8-5-16-26-18)23-13-10-17-7-3-4-9-19(17)21/h3-5,7-9,16H,2,6,10-15H2,1H3,(H2,22,23,24). The van der Waals surface area contributed by atoms with Gasteiger partial charge in [-0.15, -0.1) is 0 Å². The van der Waals surface area contributed by atoms with E-state index < -0.39 is 0 Å². The average molecular weight is 361 g/mol. The molecule has 0 saturated heterocycles. The third kappa shape index (κ3) is 7.70. The second kappa shape index (κ2) is 12.1. The van der Waals surface area contributed by atoms with Crippen molar-refractivity contribution in [3.63, 3.8) is 0 Å². The molecule has 6 heteroatoms. The lowest BCUT2D eigenvalue weighted by Gasteiger charge is -2.12. The molecule has 0 amide bonds. The summed E-state index contributed by atoms with van der Waals surface area (Å²) in [6.45, 7) is 5.40. The summed E-state index contributed by atoms with van der Waals surface area (Å²) in [6, 6.07) is 10.7. The van der Waals surface area contributed by atoms with E-state index in [1.165, 1.54) is 6.07 Å². The fourth-order valence-corrected chi connectivity index (χ4v) is 2.45. The molecule has 0 aliphatic heterocycles. The van der Waals surface area contributed by atoms with Crippen LogP contribution < -0.4 is 10.6 Å². The van der Waals surface area contributed by atoms with Gasteiger partial charge in [0.2, 0.25) is 0 Å². The average Bonchev–Trinajstić information content (AvgIpc) is 3.16. The molecule has 26 heavy (non-hydrogen) atoms. The molecule has 0 atom stereocenters. The van der Waals surface area contributed by atoms with E-state index in [-0.39, 0.29) is 5.82 Å². The van der Waals surface area contributed by atoms with Crippen molar-refractivity contribution in [3.8, 4) is 0 Å². The summed E-state index contributed by atoms with van der Waals surface area (Å²) in [5, 5.41) is 6.56. The van der Waals surface area contributed by atoms with Gasteiger partial charge < -0.3 is 19.8 Å². The molecule has 5 nitrogen and oxygen atoms in total. The van der Waals surface area contributed by atoms with E-state index in [9.17, 15) is 4.39 Å². The van der Waals surface area contributed by atoms with E-state index in [2.05, 4.69) is 15.6 Å². The quantitative estimate of drug-likeness (QED) is 0.367. The van der Waals surface area contributed by atoms with Gasteiger partial charge in [-0.1, -0.05) is 18.2 Å².